The lowest BCUT2D eigenvalue weighted by Gasteiger charge is -2.11. The van der Waals surface area contributed by atoms with Crippen molar-refractivity contribution in [3.63, 3.8) is 0 Å². The first kappa shape index (κ1) is 28.3. The molecule has 11 aromatic rings. The molecule has 0 spiro atoms. The van der Waals surface area contributed by atoms with E-state index in [-0.39, 0.29) is 0 Å². The largest absolute Gasteiger partial charge is 0.309 e. The number of para-hydroxylation sites is 3. The predicted molar refractivity (Wildman–Crippen MR) is 214 cm³/mol. The summed E-state index contributed by atoms with van der Waals surface area (Å²) in [5.74, 6) is 0.683. The Bertz CT molecular complexity index is 3080. The molecule has 4 nitrogen and oxygen atoms in total. The molecule has 0 bridgehead atoms. The Hall–Kier alpha value is -6.56. The van der Waals surface area contributed by atoms with E-state index in [1.807, 2.05) is 0 Å². The summed E-state index contributed by atoms with van der Waals surface area (Å²) in [5.41, 5.74) is 10.1. The number of aromatic nitrogens is 4. The van der Waals surface area contributed by atoms with E-state index < -0.39 is 0 Å². The molecule has 11 rings (SSSR count). The normalized spacial score (nSPS) is 11.9. The summed E-state index contributed by atoms with van der Waals surface area (Å²) in [6.45, 7) is 0. The monoisotopic (exact) mass is 668 g/mol. The van der Waals surface area contributed by atoms with Crippen molar-refractivity contribution in [2.45, 2.75) is 0 Å². The lowest BCUT2D eigenvalue weighted by atomic mass is 10.0. The molecule has 4 aromatic heterocycles. The molecule has 7 aromatic carbocycles. The molecule has 0 N–H and O–H groups in total. The van der Waals surface area contributed by atoms with E-state index >= 15 is 0 Å². The summed E-state index contributed by atoms with van der Waals surface area (Å²) in [6, 6.07) is 60.7. The topological polar surface area (TPSA) is 35.6 Å². The van der Waals surface area contributed by atoms with Crippen molar-refractivity contribution in [3.8, 4) is 34.0 Å². The van der Waals surface area contributed by atoms with Gasteiger partial charge in [-0.25, -0.2) is 9.97 Å². The van der Waals surface area contributed by atoms with Gasteiger partial charge in [-0.15, -0.1) is 11.3 Å². The molecule has 0 atom stereocenters. The predicted octanol–water partition coefficient (Wildman–Crippen LogP) is 12.4. The van der Waals surface area contributed by atoms with Crippen LogP contribution in [0.15, 0.2) is 170 Å². The van der Waals surface area contributed by atoms with Crippen LogP contribution in [-0.2, 0) is 0 Å². The molecule has 4 heterocycles. The van der Waals surface area contributed by atoms with Gasteiger partial charge in [0, 0.05) is 48.3 Å². The number of hydrogen-bond donors (Lipinski definition) is 0. The molecule has 0 amide bonds. The van der Waals surface area contributed by atoms with Crippen LogP contribution in [0.3, 0.4) is 0 Å². The van der Waals surface area contributed by atoms with Crippen molar-refractivity contribution in [3.05, 3.63) is 170 Å². The summed E-state index contributed by atoms with van der Waals surface area (Å²) in [4.78, 5) is 11.8. The van der Waals surface area contributed by atoms with Gasteiger partial charge < -0.3 is 4.57 Å². The number of fused-ring (bicyclic) bond motifs is 9. The smallest absolute Gasteiger partial charge is 0.236 e. The summed E-state index contributed by atoms with van der Waals surface area (Å²) >= 11 is 1.73. The van der Waals surface area contributed by atoms with Gasteiger partial charge in [-0.1, -0.05) is 121 Å². The van der Waals surface area contributed by atoms with E-state index in [4.69, 9.17) is 9.97 Å². The van der Waals surface area contributed by atoms with Gasteiger partial charge in [0.15, 0.2) is 0 Å². The second-order valence-electron chi connectivity index (χ2n) is 13.0. The van der Waals surface area contributed by atoms with Crippen LogP contribution in [0.1, 0.15) is 0 Å². The van der Waals surface area contributed by atoms with Crippen LogP contribution in [0.2, 0.25) is 0 Å². The van der Waals surface area contributed by atoms with Gasteiger partial charge in [-0.2, -0.15) is 0 Å². The third-order valence-electron chi connectivity index (χ3n) is 10.2. The first-order chi connectivity index (χ1) is 25.3. The van der Waals surface area contributed by atoms with Crippen LogP contribution in [0, 0.1) is 0 Å². The lowest BCUT2D eigenvalue weighted by Crippen LogP contribution is -2.02. The Kier molecular flexibility index (Phi) is 6.09. The first-order valence-corrected chi connectivity index (χ1v) is 18.0. The van der Waals surface area contributed by atoms with Crippen LogP contribution < -0.4 is 0 Å². The number of hydrogen-bond acceptors (Lipinski definition) is 3. The van der Waals surface area contributed by atoms with E-state index in [0.717, 1.165) is 43.7 Å². The average molecular weight is 669 g/mol. The van der Waals surface area contributed by atoms with Crippen molar-refractivity contribution in [2.75, 3.05) is 0 Å². The fraction of sp³-hybridized carbons (Fsp3) is 0. The second-order valence-corrected chi connectivity index (χ2v) is 14.0. The standard InChI is InChI=1S/C46H28N4S/c1-2-12-29(13-3-1)30-22-25-32(26-23-30)49-38-18-8-6-16-35(38)37-28-31(24-27-41(37)49)44-43-36-17-7-11-21-42(36)51-45(43)48-46(47-44)50-39-19-9-4-14-33(39)34-15-5-10-20-40(34)50/h1-28H. The summed E-state index contributed by atoms with van der Waals surface area (Å²) in [6.07, 6.45) is 0. The van der Waals surface area contributed by atoms with Crippen molar-refractivity contribution in [2.24, 2.45) is 0 Å². The van der Waals surface area contributed by atoms with Crippen molar-refractivity contribution >= 4 is 75.3 Å². The molecule has 0 unspecified atom stereocenters. The van der Waals surface area contributed by atoms with Crippen LogP contribution in [-0.4, -0.2) is 19.1 Å². The minimum Gasteiger partial charge on any atom is -0.309 e. The number of benzene rings is 7. The van der Waals surface area contributed by atoms with Gasteiger partial charge in [-0.05, 0) is 59.7 Å². The quantitative estimate of drug-likeness (QED) is 0.187. The summed E-state index contributed by atoms with van der Waals surface area (Å²) < 4.78 is 5.81. The zero-order valence-electron chi connectivity index (χ0n) is 27.4. The number of nitrogens with zero attached hydrogens (tertiary/aromatic N) is 4. The molecule has 0 aliphatic carbocycles. The Labute approximate surface area is 297 Å². The SMILES string of the molecule is c1ccc(-c2ccc(-n3c4ccccc4c4cc(-c5nc(-n6c7ccccc7c7ccccc76)nc6sc7ccccc7c56)ccc43)cc2)cc1. The Balaban J connectivity index is 1.16. The fourth-order valence-corrected chi connectivity index (χ4v) is 8.96. The van der Waals surface area contributed by atoms with Gasteiger partial charge in [0.25, 0.3) is 0 Å². The van der Waals surface area contributed by atoms with Gasteiger partial charge in [0.05, 0.1) is 27.8 Å². The molecular weight excluding hydrogens is 641 g/mol. The molecule has 5 heteroatoms. The molecule has 0 aliphatic rings. The highest BCUT2D eigenvalue weighted by Gasteiger charge is 2.21. The Morgan fingerprint density at radius 1 is 0.392 bits per heavy atom. The van der Waals surface area contributed by atoms with E-state index in [2.05, 4.69) is 179 Å². The summed E-state index contributed by atoms with van der Waals surface area (Å²) in [7, 11) is 0. The minimum absolute atomic E-state index is 0.683. The van der Waals surface area contributed by atoms with E-state index in [1.165, 1.54) is 48.3 Å². The van der Waals surface area contributed by atoms with Gasteiger partial charge in [0.2, 0.25) is 5.95 Å². The van der Waals surface area contributed by atoms with Gasteiger partial charge >= 0.3 is 0 Å². The highest BCUT2D eigenvalue weighted by atomic mass is 32.1. The van der Waals surface area contributed by atoms with E-state index in [0.29, 0.717) is 5.95 Å². The highest BCUT2D eigenvalue weighted by Crippen LogP contribution is 2.42. The molecule has 0 fully saturated rings. The minimum atomic E-state index is 0.683. The van der Waals surface area contributed by atoms with Crippen LogP contribution in [0.5, 0.6) is 0 Å². The summed E-state index contributed by atoms with van der Waals surface area (Å²) in [5, 5.41) is 7.08. The van der Waals surface area contributed by atoms with Crippen molar-refractivity contribution in [1.82, 2.24) is 19.1 Å². The zero-order chi connectivity index (χ0) is 33.5. The fourth-order valence-electron chi connectivity index (χ4n) is 7.89. The van der Waals surface area contributed by atoms with Gasteiger partial charge in [0.1, 0.15) is 4.83 Å². The second kappa shape index (κ2) is 11.0. The van der Waals surface area contributed by atoms with Crippen molar-refractivity contribution in [1.29, 1.82) is 0 Å². The molecular formula is C46H28N4S. The van der Waals surface area contributed by atoms with Crippen LogP contribution in [0.25, 0.3) is 97.9 Å². The molecule has 238 valence electrons. The van der Waals surface area contributed by atoms with E-state index in [9.17, 15) is 0 Å². The molecule has 0 radical (unpaired) electrons. The maximum absolute atomic E-state index is 5.48. The molecule has 0 saturated heterocycles. The van der Waals surface area contributed by atoms with E-state index in [1.54, 1.807) is 11.3 Å². The Morgan fingerprint density at radius 3 is 1.63 bits per heavy atom. The Morgan fingerprint density at radius 2 is 0.922 bits per heavy atom. The third kappa shape index (κ3) is 4.25. The third-order valence-corrected chi connectivity index (χ3v) is 11.3. The molecule has 51 heavy (non-hydrogen) atoms. The average Bonchev–Trinajstić information content (AvgIpc) is 3.85. The van der Waals surface area contributed by atoms with Gasteiger partial charge in [-0.3, -0.25) is 4.57 Å². The maximum Gasteiger partial charge on any atom is 0.236 e. The van der Waals surface area contributed by atoms with Crippen LogP contribution >= 0.6 is 11.3 Å². The maximum atomic E-state index is 5.48. The number of thiophene rings is 1. The van der Waals surface area contributed by atoms with Crippen LogP contribution in [0.4, 0.5) is 0 Å². The lowest BCUT2D eigenvalue weighted by molar-refractivity contribution is 1.02. The first-order valence-electron chi connectivity index (χ1n) is 17.2. The highest BCUT2D eigenvalue weighted by molar-refractivity contribution is 7.25. The number of rotatable bonds is 4. The van der Waals surface area contributed by atoms with Crippen molar-refractivity contribution < 1.29 is 0 Å². The zero-order valence-corrected chi connectivity index (χ0v) is 28.2. The molecule has 0 aliphatic heterocycles. The molecule has 0 saturated carbocycles.